The monoisotopic (exact) mass is 259 g/mol. The first-order valence-electron chi connectivity index (χ1n) is 4.07. The zero-order chi connectivity index (χ0) is 10.7. The van der Waals surface area contributed by atoms with Gasteiger partial charge in [0.15, 0.2) is 0 Å². The van der Waals surface area contributed by atoms with Crippen molar-refractivity contribution in [2.75, 3.05) is 0 Å². The van der Waals surface area contributed by atoms with E-state index < -0.39 is 11.0 Å². The molecule has 0 bridgehead atoms. The Balaban J connectivity index is 3.24. The van der Waals surface area contributed by atoms with E-state index in [2.05, 4.69) is 15.9 Å². The van der Waals surface area contributed by atoms with Gasteiger partial charge in [-0.15, -0.1) is 0 Å². The van der Waals surface area contributed by atoms with Gasteiger partial charge in [0.2, 0.25) is 0 Å². The average Bonchev–Trinajstić information content (AvgIpc) is 2.16. The second-order valence-corrected chi connectivity index (χ2v) is 3.52. The van der Waals surface area contributed by atoms with Gasteiger partial charge in [-0.2, -0.15) is 0 Å². The summed E-state index contributed by atoms with van der Waals surface area (Å²) in [5, 5.41) is 20.6. The molecule has 0 saturated carbocycles. The molecule has 76 valence electrons. The Morgan fingerprint density at radius 1 is 1.64 bits per heavy atom. The van der Waals surface area contributed by atoms with Crippen LogP contribution in [-0.2, 0) is 5.33 Å². The molecule has 1 aromatic rings. The molecule has 0 radical (unpaired) electrons. The Kier molecular flexibility index (Phi) is 3.60. The lowest BCUT2D eigenvalue weighted by Gasteiger charge is -2.06. The van der Waals surface area contributed by atoms with Crippen LogP contribution >= 0.6 is 15.9 Å². The van der Waals surface area contributed by atoms with Crippen LogP contribution in [0, 0.1) is 10.1 Å². The number of aliphatic hydroxyl groups is 1. The summed E-state index contributed by atoms with van der Waals surface area (Å²) in [6, 6.07) is 4.72. The van der Waals surface area contributed by atoms with E-state index in [1.54, 1.807) is 12.1 Å². The van der Waals surface area contributed by atoms with Crippen molar-refractivity contribution in [3.05, 3.63) is 39.4 Å². The largest absolute Gasteiger partial charge is 0.388 e. The van der Waals surface area contributed by atoms with E-state index in [0.29, 0.717) is 10.9 Å². The van der Waals surface area contributed by atoms with Crippen LogP contribution in [-0.4, -0.2) is 10.0 Å². The molecular formula is C9H10BrNO3. The van der Waals surface area contributed by atoms with Crippen LogP contribution in [0.5, 0.6) is 0 Å². The van der Waals surface area contributed by atoms with Gasteiger partial charge in [-0.1, -0.05) is 22.0 Å². The van der Waals surface area contributed by atoms with Crippen molar-refractivity contribution < 1.29 is 10.0 Å². The van der Waals surface area contributed by atoms with E-state index in [9.17, 15) is 15.2 Å². The molecule has 4 nitrogen and oxygen atoms in total. The number of hydrogen-bond acceptors (Lipinski definition) is 3. The minimum absolute atomic E-state index is 0.0373. The fraction of sp³-hybridized carbons (Fsp3) is 0.333. The fourth-order valence-electron chi connectivity index (χ4n) is 1.19. The second-order valence-electron chi connectivity index (χ2n) is 2.96. The Bertz CT molecular complexity index is 352. The third-order valence-electron chi connectivity index (χ3n) is 1.89. The molecule has 0 saturated heterocycles. The smallest absolute Gasteiger partial charge is 0.275 e. The highest BCUT2D eigenvalue weighted by Crippen LogP contribution is 2.26. The SMILES string of the molecule is CC(O)c1cc(CBr)ccc1[N+](=O)[O-]. The maximum absolute atomic E-state index is 10.6. The van der Waals surface area contributed by atoms with E-state index >= 15 is 0 Å². The highest BCUT2D eigenvalue weighted by molar-refractivity contribution is 9.08. The molecule has 1 aromatic carbocycles. The highest BCUT2D eigenvalue weighted by atomic mass is 79.9. The molecule has 0 fully saturated rings. The molecular weight excluding hydrogens is 250 g/mol. The van der Waals surface area contributed by atoms with Gasteiger partial charge in [0, 0.05) is 11.4 Å². The summed E-state index contributed by atoms with van der Waals surface area (Å²) in [6.45, 7) is 1.51. The van der Waals surface area contributed by atoms with Crippen molar-refractivity contribution in [2.45, 2.75) is 18.4 Å². The molecule has 0 aromatic heterocycles. The first kappa shape index (κ1) is 11.1. The molecule has 1 rings (SSSR count). The van der Waals surface area contributed by atoms with Gasteiger partial charge in [0.1, 0.15) is 0 Å². The minimum atomic E-state index is -0.825. The summed E-state index contributed by atoms with van der Waals surface area (Å²) in [7, 11) is 0. The first-order valence-corrected chi connectivity index (χ1v) is 5.19. The van der Waals surface area contributed by atoms with Crippen LogP contribution in [0.2, 0.25) is 0 Å². The fourth-order valence-corrected chi connectivity index (χ4v) is 1.54. The maximum atomic E-state index is 10.6. The number of benzene rings is 1. The predicted octanol–water partition coefficient (Wildman–Crippen LogP) is 2.54. The molecule has 1 unspecified atom stereocenters. The third kappa shape index (κ3) is 2.30. The summed E-state index contributed by atoms with van der Waals surface area (Å²) in [5.74, 6) is 0. The third-order valence-corrected chi connectivity index (χ3v) is 2.54. The lowest BCUT2D eigenvalue weighted by molar-refractivity contribution is -0.386. The lowest BCUT2D eigenvalue weighted by atomic mass is 10.1. The van der Waals surface area contributed by atoms with Crippen LogP contribution in [0.4, 0.5) is 5.69 Å². The van der Waals surface area contributed by atoms with Crippen LogP contribution < -0.4 is 0 Å². The van der Waals surface area contributed by atoms with Crippen molar-refractivity contribution >= 4 is 21.6 Å². The molecule has 0 aliphatic rings. The number of rotatable bonds is 3. The van der Waals surface area contributed by atoms with Crippen LogP contribution in [0.1, 0.15) is 24.2 Å². The number of nitrogens with zero attached hydrogens (tertiary/aromatic N) is 1. The Morgan fingerprint density at radius 3 is 2.71 bits per heavy atom. The summed E-state index contributed by atoms with van der Waals surface area (Å²) >= 11 is 3.25. The van der Waals surface area contributed by atoms with Crippen molar-refractivity contribution in [3.63, 3.8) is 0 Å². The summed E-state index contributed by atoms with van der Waals surface area (Å²) in [6.07, 6.45) is -0.825. The number of alkyl halides is 1. The second kappa shape index (κ2) is 4.52. The Hall–Kier alpha value is -0.940. The van der Waals surface area contributed by atoms with Gasteiger partial charge < -0.3 is 5.11 Å². The van der Waals surface area contributed by atoms with E-state index in [1.165, 1.54) is 13.0 Å². The number of aliphatic hydroxyl groups excluding tert-OH is 1. The number of halogens is 1. The summed E-state index contributed by atoms with van der Waals surface area (Å²) in [5.41, 5.74) is 1.23. The molecule has 14 heavy (non-hydrogen) atoms. The molecule has 0 aliphatic heterocycles. The summed E-state index contributed by atoms with van der Waals surface area (Å²) < 4.78 is 0. The van der Waals surface area contributed by atoms with E-state index in [1.807, 2.05) is 0 Å². The maximum Gasteiger partial charge on any atom is 0.275 e. The van der Waals surface area contributed by atoms with Gasteiger partial charge in [0.25, 0.3) is 5.69 Å². The van der Waals surface area contributed by atoms with E-state index in [-0.39, 0.29) is 5.69 Å². The number of nitro benzene ring substituents is 1. The topological polar surface area (TPSA) is 63.4 Å². The van der Waals surface area contributed by atoms with Crippen LogP contribution in [0.3, 0.4) is 0 Å². The standard InChI is InChI=1S/C9H10BrNO3/c1-6(12)8-4-7(5-10)2-3-9(8)11(13)14/h2-4,6,12H,5H2,1H3. The van der Waals surface area contributed by atoms with Crippen LogP contribution in [0.15, 0.2) is 18.2 Å². The van der Waals surface area contributed by atoms with E-state index in [0.717, 1.165) is 5.56 Å². The van der Waals surface area contributed by atoms with Gasteiger partial charge in [-0.25, -0.2) is 0 Å². The van der Waals surface area contributed by atoms with Gasteiger partial charge >= 0.3 is 0 Å². The van der Waals surface area contributed by atoms with Crippen molar-refractivity contribution in [1.82, 2.24) is 0 Å². The number of hydrogen-bond donors (Lipinski definition) is 1. The van der Waals surface area contributed by atoms with Crippen LogP contribution in [0.25, 0.3) is 0 Å². The van der Waals surface area contributed by atoms with Crippen molar-refractivity contribution in [1.29, 1.82) is 0 Å². The molecule has 0 heterocycles. The first-order chi connectivity index (χ1) is 6.56. The van der Waals surface area contributed by atoms with Gasteiger partial charge in [-0.3, -0.25) is 10.1 Å². The molecule has 1 atom stereocenters. The molecule has 1 N–H and O–H groups in total. The molecule has 0 spiro atoms. The quantitative estimate of drug-likeness (QED) is 0.516. The average molecular weight is 260 g/mol. The molecule has 0 aliphatic carbocycles. The zero-order valence-corrected chi connectivity index (χ0v) is 9.19. The molecule has 5 heteroatoms. The minimum Gasteiger partial charge on any atom is -0.388 e. The Labute approximate surface area is 89.8 Å². The Morgan fingerprint density at radius 2 is 2.29 bits per heavy atom. The normalized spacial score (nSPS) is 12.5. The van der Waals surface area contributed by atoms with Gasteiger partial charge in [-0.05, 0) is 18.6 Å². The highest BCUT2D eigenvalue weighted by Gasteiger charge is 2.17. The van der Waals surface area contributed by atoms with E-state index in [4.69, 9.17) is 0 Å². The lowest BCUT2D eigenvalue weighted by Crippen LogP contribution is -1.99. The summed E-state index contributed by atoms with van der Waals surface area (Å²) in [4.78, 5) is 10.1. The van der Waals surface area contributed by atoms with Crippen molar-refractivity contribution in [2.24, 2.45) is 0 Å². The van der Waals surface area contributed by atoms with Gasteiger partial charge in [0.05, 0.1) is 16.6 Å². The predicted molar refractivity (Wildman–Crippen MR) is 56.4 cm³/mol. The zero-order valence-electron chi connectivity index (χ0n) is 7.61. The van der Waals surface area contributed by atoms with Crippen molar-refractivity contribution in [3.8, 4) is 0 Å². The number of nitro groups is 1. The molecule has 0 amide bonds.